The first-order valence-corrected chi connectivity index (χ1v) is 3.05. The highest BCUT2D eigenvalue weighted by Gasteiger charge is 2.92. The van der Waals surface area contributed by atoms with Gasteiger partial charge in [-0.05, 0) is 0 Å². The van der Waals surface area contributed by atoms with Crippen LogP contribution < -0.4 is 0 Å². The van der Waals surface area contributed by atoms with E-state index in [9.17, 15) is 30.7 Å². The number of hydrogen-bond donors (Lipinski definition) is 0. The molecule has 0 bridgehead atoms. The molecule has 0 radical (unpaired) electrons. The van der Waals surface area contributed by atoms with E-state index >= 15 is 0 Å². The highest BCUT2D eigenvalue weighted by Crippen LogP contribution is 2.65. The molecule has 0 N–H and O–H groups in total. The predicted octanol–water partition coefficient (Wildman–Crippen LogP) is 2.74. The predicted molar refractivity (Wildman–Crippen MR) is 25.6 cm³/mol. The first-order chi connectivity index (χ1) is 5.46. The third kappa shape index (κ3) is 1.18. The monoisotopic (exact) mass is 232 g/mol. The number of rotatable bonds is 1. The van der Waals surface area contributed by atoms with E-state index in [0.717, 1.165) is 0 Å². The molecule has 1 nitrogen and oxygen atoms in total. The number of halogens is 8. The van der Waals surface area contributed by atoms with Gasteiger partial charge in [0, 0.05) is 0 Å². The Morgan fingerprint density at radius 2 is 1.31 bits per heavy atom. The Kier molecular flexibility index (Phi) is 1.85. The summed E-state index contributed by atoms with van der Waals surface area (Å²) < 4.78 is 85.3. The molecule has 1 rings (SSSR count). The van der Waals surface area contributed by atoms with E-state index in [1.54, 1.807) is 0 Å². The van der Waals surface area contributed by atoms with Gasteiger partial charge in [-0.1, -0.05) is 11.6 Å². The number of ether oxygens (including phenoxy) is 1. The van der Waals surface area contributed by atoms with Crippen LogP contribution in [0.25, 0.3) is 0 Å². The van der Waals surface area contributed by atoms with Crippen LogP contribution in [0.2, 0.25) is 0 Å². The molecule has 0 aromatic carbocycles. The van der Waals surface area contributed by atoms with Gasteiger partial charge in [0.25, 0.3) is 0 Å². The normalized spacial score (nSPS) is 33.2. The topological polar surface area (TPSA) is 12.5 Å². The molecular weight excluding hydrogens is 232 g/mol. The van der Waals surface area contributed by atoms with E-state index in [2.05, 4.69) is 16.3 Å². The van der Waals surface area contributed by atoms with Gasteiger partial charge >= 0.3 is 23.3 Å². The second-order valence-electron chi connectivity index (χ2n) is 2.29. The zero-order valence-electron chi connectivity index (χ0n) is 5.43. The molecule has 1 heterocycles. The molecule has 1 fully saturated rings. The van der Waals surface area contributed by atoms with E-state index in [4.69, 9.17) is 0 Å². The van der Waals surface area contributed by atoms with Crippen LogP contribution >= 0.6 is 11.6 Å². The van der Waals surface area contributed by atoms with Crippen LogP contribution in [0.5, 0.6) is 0 Å². The zero-order valence-corrected chi connectivity index (χ0v) is 6.19. The van der Waals surface area contributed by atoms with E-state index < -0.39 is 23.3 Å². The van der Waals surface area contributed by atoms with Crippen LogP contribution in [0.3, 0.4) is 0 Å². The van der Waals surface area contributed by atoms with Crippen molar-refractivity contribution in [1.29, 1.82) is 0 Å². The summed E-state index contributed by atoms with van der Waals surface area (Å²) in [5.74, 6) is -5.79. The molecule has 1 saturated heterocycles. The van der Waals surface area contributed by atoms with Crippen LogP contribution in [0.1, 0.15) is 0 Å². The lowest BCUT2D eigenvalue weighted by molar-refractivity contribution is -0.296. The van der Waals surface area contributed by atoms with Gasteiger partial charge in [0.2, 0.25) is 0 Å². The van der Waals surface area contributed by atoms with Crippen molar-refractivity contribution in [2.75, 3.05) is 0 Å². The lowest BCUT2D eigenvalue weighted by atomic mass is 10.2. The quantitative estimate of drug-likeness (QED) is 0.385. The van der Waals surface area contributed by atoms with E-state index in [-0.39, 0.29) is 0 Å². The van der Waals surface area contributed by atoms with Crippen molar-refractivity contribution in [3.05, 3.63) is 0 Å². The van der Waals surface area contributed by atoms with Gasteiger partial charge in [0.15, 0.2) is 0 Å². The molecule has 0 amide bonds. The first kappa shape index (κ1) is 10.8. The van der Waals surface area contributed by atoms with Gasteiger partial charge in [-0.15, -0.1) is 0 Å². The number of hydrogen-bond acceptors (Lipinski definition) is 1. The molecule has 1 atom stereocenters. The second kappa shape index (κ2) is 2.22. The van der Waals surface area contributed by atoms with Crippen LogP contribution in [0, 0.1) is 0 Å². The smallest absolute Gasteiger partial charge is 0.279 e. The van der Waals surface area contributed by atoms with Gasteiger partial charge in [-0.3, -0.25) is 4.74 Å². The molecule has 0 aromatic heterocycles. The van der Waals surface area contributed by atoms with Crippen molar-refractivity contribution in [3.8, 4) is 0 Å². The molecule has 1 aliphatic rings. The summed E-state index contributed by atoms with van der Waals surface area (Å²) in [5.41, 5.74) is 0. The molecule has 78 valence electrons. The Balaban J connectivity index is 2.97. The minimum Gasteiger partial charge on any atom is -0.279 e. The van der Waals surface area contributed by atoms with Crippen LogP contribution in [0.4, 0.5) is 30.7 Å². The van der Waals surface area contributed by atoms with Crippen molar-refractivity contribution < 1.29 is 35.5 Å². The van der Waals surface area contributed by atoms with Crippen molar-refractivity contribution in [2.45, 2.75) is 23.3 Å². The van der Waals surface area contributed by atoms with E-state index in [1.165, 1.54) is 0 Å². The zero-order chi connectivity index (χ0) is 10.7. The maximum absolute atomic E-state index is 12.1. The maximum Gasteiger partial charge on any atom is 0.458 e. The van der Waals surface area contributed by atoms with E-state index in [1.807, 2.05) is 0 Å². The third-order valence-corrected chi connectivity index (χ3v) is 1.90. The van der Waals surface area contributed by atoms with Gasteiger partial charge in [0.05, 0.1) is 0 Å². The lowest BCUT2D eigenvalue weighted by Gasteiger charge is -2.20. The van der Waals surface area contributed by atoms with Gasteiger partial charge in [-0.25, -0.2) is 0 Å². The Bertz CT molecular complexity index is 235. The summed E-state index contributed by atoms with van der Waals surface area (Å²) in [7, 11) is 0. The number of alkyl halides is 8. The molecule has 13 heavy (non-hydrogen) atoms. The van der Waals surface area contributed by atoms with Crippen molar-refractivity contribution in [1.82, 2.24) is 0 Å². The van der Waals surface area contributed by atoms with E-state index in [0.29, 0.717) is 0 Å². The summed E-state index contributed by atoms with van der Waals surface area (Å²) in [6, 6.07) is 0. The summed E-state index contributed by atoms with van der Waals surface area (Å²) in [6.45, 7) is 0. The van der Waals surface area contributed by atoms with Gasteiger partial charge < -0.3 is 0 Å². The molecule has 0 aliphatic carbocycles. The summed E-state index contributed by atoms with van der Waals surface area (Å²) >= 11 is 4.27. The average Bonchev–Trinajstić information content (AvgIpc) is 2.31. The first-order valence-electron chi connectivity index (χ1n) is 2.67. The SMILES string of the molecule is FC(F)(F)C(F)(F)C1(Cl)OC1(F)F. The Morgan fingerprint density at radius 1 is 1.00 bits per heavy atom. The molecule has 1 aliphatic heterocycles. The van der Waals surface area contributed by atoms with Crippen LogP contribution in [-0.4, -0.2) is 23.3 Å². The molecule has 0 aromatic rings. The summed E-state index contributed by atoms with van der Waals surface area (Å²) in [5, 5.41) is -4.29. The molecule has 0 saturated carbocycles. The average molecular weight is 232 g/mol. The van der Waals surface area contributed by atoms with Crippen molar-refractivity contribution in [3.63, 3.8) is 0 Å². The van der Waals surface area contributed by atoms with Gasteiger partial charge in [-0.2, -0.15) is 30.7 Å². The molecule has 0 spiro atoms. The van der Waals surface area contributed by atoms with Crippen LogP contribution in [0.15, 0.2) is 0 Å². The minimum atomic E-state index is -6.17. The molecular formula is C4ClF7O. The Morgan fingerprint density at radius 3 is 1.38 bits per heavy atom. The second-order valence-corrected chi connectivity index (χ2v) is 2.82. The highest BCUT2D eigenvalue weighted by atomic mass is 35.5. The fourth-order valence-corrected chi connectivity index (χ4v) is 0.784. The van der Waals surface area contributed by atoms with Gasteiger partial charge in [0.1, 0.15) is 0 Å². The largest absolute Gasteiger partial charge is 0.458 e. The summed E-state index contributed by atoms with van der Waals surface area (Å²) in [4.78, 5) is 0. The minimum absolute atomic E-state index is 2.85. The van der Waals surface area contributed by atoms with Crippen molar-refractivity contribution >= 4 is 11.6 Å². The molecule has 1 unspecified atom stereocenters. The maximum atomic E-state index is 12.1. The third-order valence-electron chi connectivity index (χ3n) is 1.36. The van der Waals surface area contributed by atoms with Crippen molar-refractivity contribution in [2.24, 2.45) is 0 Å². The highest BCUT2D eigenvalue weighted by molar-refractivity contribution is 6.26. The van der Waals surface area contributed by atoms with Crippen LogP contribution in [-0.2, 0) is 4.74 Å². The standard InChI is InChI=1S/C4ClF7O/c5-1(4(11,12)13-1)2(6,7)3(8,9)10. The lowest BCUT2D eigenvalue weighted by Crippen LogP contribution is -2.49. The Hall–Kier alpha value is -0.240. The fourth-order valence-electron chi connectivity index (χ4n) is 0.580. The fraction of sp³-hybridized carbons (Fsp3) is 1.00. The number of epoxide rings is 1. The summed E-state index contributed by atoms with van der Waals surface area (Å²) in [6.07, 6.45) is -10.8. The Labute approximate surface area is 71.4 Å². The molecule has 9 heteroatoms.